The molecule has 1 N–H and O–H groups in total. The minimum Gasteiger partial charge on any atom is -0.481 e. The number of anilines is 1. The first-order chi connectivity index (χ1) is 13.1. The normalized spacial score (nSPS) is 14.1. The number of nitrogens with zero attached hydrogens (tertiary/aromatic N) is 1. The number of carboxylic acids is 1. The number of amides is 1. The first kappa shape index (κ1) is 17.0. The lowest BCUT2D eigenvalue weighted by Crippen LogP contribution is -2.24. The van der Waals surface area contributed by atoms with Crippen molar-refractivity contribution < 1.29 is 14.7 Å². The largest absolute Gasteiger partial charge is 0.481 e. The van der Waals surface area contributed by atoms with Crippen LogP contribution in [-0.4, -0.2) is 17.0 Å². The van der Waals surface area contributed by atoms with E-state index in [1.807, 2.05) is 66.7 Å². The Hall–Kier alpha value is -3.40. The summed E-state index contributed by atoms with van der Waals surface area (Å²) in [4.78, 5) is 26.1. The Kier molecular flexibility index (Phi) is 4.24. The summed E-state index contributed by atoms with van der Waals surface area (Å²) in [6, 6.07) is 22.9. The zero-order valence-electron chi connectivity index (χ0n) is 14.9. The minimum absolute atomic E-state index is 0.0261. The summed E-state index contributed by atoms with van der Waals surface area (Å²) < 4.78 is 0. The van der Waals surface area contributed by atoms with Crippen molar-refractivity contribution in [1.29, 1.82) is 0 Å². The lowest BCUT2D eigenvalue weighted by Gasteiger charge is -2.22. The van der Waals surface area contributed by atoms with E-state index in [1.165, 1.54) is 0 Å². The van der Waals surface area contributed by atoms with Crippen LogP contribution in [0.5, 0.6) is 0 Å². The molecule has 0 saturated carbocycles. The van der Waals surface area contributed by atoms with Crippen LogP contribution in [0.2, 0.25) is 0 Å². The first-order valence-electron chi connectivity index (χ1n) is 8.88. The number of carbonyl (C=O) groups is 2. The third-order valence-electron chi connectivity index (χ3n) is 5.09. The van der Waals surface area contributed by atoms with Crippen LogP contribution in [0, 0.1) is 0 Å². The molecular weight excluding hydrogens is 338 g/mol. The molecule has 3 aromatic rings. The minimum atomic E-state index is -0.869. The van der Waals surface area contributed by atoms with Gasteiger partial charge in [-0.2, -0.15) is 0 Å². The monoisotopic (exact) mass is 357 g/mol. The van der Waals surface area contributed by atoms with Gasteiger partial charge < -0.3 is 10.0 Å². The van der Waals surface area contributed by atoms with Crippen LogP contribution in [0.3, 0.4) is 0 Å². The van der Waals surface area contributed by atoms with Crippen molar-refractivity contribution >= 4 is 17.6 Å². The van der Waals surface area contributed by atoms with E-state index in [4.69, 9.17) is 0 Å². The summed E-state index contributed by atoms with van der Waals surface area (Å²) in [7, 11) is 0. The number of hydrogen-bond acceptors (Lipinski definition) is 2. The van der Waals surface area contributed by atoms with Gasteiger partial charge in [-0.15, -0.1) is 0 Å². The average molecular weight is 357 g/mol. The molecule has 0 spiro atoms. The van der Waals surface area contributed by atoms with Crippen LogP contribution in [0.25, 0.3) is 11.1 Å². The third-order valence-corrected chi connectivity index (χ3v) is 5.09. The number of fused-ring (bicyclic) bond motifs is 1. The zero-order chi connectivity index (χ0) is 19.0. The number of carbonyl (C=O) groups excluding carboxylic acids is 1. The van der Waals surface area contributed by atoms with Gasteiger partial charge in [-0.05, 0) is 41.8 Å². The van der Waals surface area contributed by atoms with Crippen molar-refractivity contribution in [2.24, 2.45) is 0 Å². The van der Waals surface area contributed by atoms with Crippen LogP contribution in [0.1, 0.15) is 34.3 Å². The van der Waals surface area contributed by atoms with Crippen LogP contribution in [-0.2, 0) is 11.3 Å². The zero-order valence-corrected chi connectivity index (χ0v) is 14.9. The highest BCUT2D eigenvalue weighted by Gasteiger charge is 2.30. The van der Waals surface area contributed by atoms with E-state index in [9.17, 15) is 14.7 Å². The fraction of sp³-hybridized carbons (Fsp3) is 0.130. The Morgan fingerprint density at radius 1 is 0.963 bits per heavy atom. The van der Waals surface area contributed by atoms with E-state index < -0.39 is 11.9 Å². The maximum Gasteiger partial charge on any atom is 0.310 e. The fourth-order valence-corrected chi connectivity index (χ4v) is 3.50. The predicted molar refractivity (Wildman–Crippen MR) is 105 cm³/mol. The summed E-state index contributed by atoms with van der Waals surface area (Å²) >= 11 is 0. The van der Waals surface area contributed by atoms with E-state index in [0.29, 0.717) is 12.1 Å². The Morgan fingerprint density at radius 2 is 1.67 bits per heavy atom. The molecule has 27 heavy (non-hydrogen) atoms. The van der Waals surface area contributed by atoms with Crippen LogP contribution >= 0.6 is 0 Å². The lowest BCUT2D eigenvalue weighted by atomic mass is 9.94. The molecule has 4 rings (SSSR count). The van der Waals surface area contributed by atoms with Crippen molar-refractivity contribution in [1.82, 2.24) is 0 Å². The molecule has 1 aliphatic heterocycles. The second kappa shape index (κ2) is 6.72. The molecule has 1 atom stereocenters. The van der Waals surface area contributed by atoms with E-state index in [2.05, 4.69) is 0 Å². The molecule has 1 amide bonds. The summed E-state index contributed by atoms with van der Waals surface area (Å²) in [6.07, 6.45) is 0. The van der Waals surface area contributed by atoms with Crippen LogP contribution in [0.4, 0.5) is 5.69 Å². The van der Waals surface area contributed by atoms with Gasteiger partial charge in [0, 0.05) is 11.1 Å². The standard InChI is InChI=1S/C23H19NO3/c1-15(23(26)27)17-11-12-21(20(13-17)16-7-3-2-4-8-16)24-14-18-9-5-6-10-19(18)22(24)25/h2-13,15H,14H2,1H3,(H,26,27). The van der Waals surface area contributed by atoms with Crippen molar-refractivity contribution in [2.45, 2.75) is 19.4 Å². The maximum atomic E-state index is 12.9. The smallest absolute Gasteiger partial charge is 0.310 e. The van der Waals surface area contributed by atoms with E-state index in [0.717, 1.165) is 27.9 Å². The van der Waals surface area contributed by atoms with Gasteiger partial charge >= 0.3 is 5.97 Å². The molecule has 0 fully saturated rings. The third kappa shape index (κ3) is 2.99. The maximum absolute atomic E-state index is 12.9. The Morgan fingerprint density at radius 3 is 2.37 bits per heavy atom. The first-order valence-corrected chi connectivity index (χ1v) is 8.88. The van der Waals surface area contributed by atoms with Crippen molar-refractivity contribution in [2.75, 3.05) is 4.90 Å². The number of hydrogen-bond donors (Lipinski definition) is 1. The van der Waals surface area contributed by atoms with Gasteiger partial charge in [-0.25, -0.2) is 0 Å². The van der Waals surface area contributed by atoms with Gasteiger partial charge in [0.2, 0.25) is 0 Å². The van der Waals surface area contributed by atoms with Gasteiger partial charge in [-0.3, -0.25) is 9.59 Å². The molecule has 0 saturated heterocycles. The van der Waals surface area contributed by atoms with E-state index >= 15 is 0 Å². The number of carboxylic acid groups (broad SMARTS) is 1. The van der Waals surface area contributed by atoms with Crippen LogP contribution < -0.4 is 4.90 Å². The summed E-state index contributed by atoms with van der Waals surface area (Å²) in [6.45, 7) is 2.19. The molecule has 4 nitrogen and oxygen atoms in total. The molecule has 1 heterocycles. The molecule has 0 radical (unpaired) electrons. The van der Waals surface area contributed by atoms with E-state index in [-0.39, 0.29) is 5.91 Å². The topological polar surface area (TPSA) is 57.6 Å². The Bertz CT molecular complexity index is 1030. The Labute approximate surface area is 157 Å². The van der Waals surface area contributed by atoms with Crippen molar-refractivity contribution in [3.8, 4) is 11.1 Å². The second-order valence-electron chi connectivity index (χ2n) is 6.75. The molecule has 4 heteroatoms. The molecule has 1 aliphatic rings. The predicted octanol–water partition coefficient (Wildman–Crippen LogP) is 4.70. The molecule has 0 aromatic heterocycles. The van der Waals surface area contributed by atoms with Gasteiger partial charge in [-0.1, -0.05) is 54.6 Å². The molecule has 3 aromatic carbocycles. The summed E-state index contributed by atoms with van der Waals surface area (Å²) in [5, 5.41) is 9.37. The number of aliphatic carboxylic acids is 1. The SMILES string of the molecule is CC(C(=O)O)c1ccc(N2Cc3ccccc3C2=O)c(-c2ccccc2)c1. The second-order valence-corrected chi connectivity index (χ2v) is 6.75. The average Bonchev–Trinajstić information content (AvgIpc) is 3.04. The van der Waals surface area contributed by atoms with Gasteiger partial charge in [0.15, 0.2) is 0 Å². The highest BCUT2D eigenvalue weighted by atomic mass is 16.4. The quantitative estimate of drug-likeness (QED) is 0.736. The number of benzene rings is 3. The van der Waals surface area contributed by atoms with Gasteiger partial charge in [0.25, 0.3) is 5.91 Å². The Balaban J connectivity index is 1.84. The highest BCUT2D eigenvalue weighted by molar-refractivity contribution is 6.11. The van der Waals surface area contributed by atoms with Gasteiger partial charge in [0.1, 0.15) is 0 Å². The molecule has 1 unspecified atom stereocenters. The summed E-state index contributed by atoms with van der Waals surface area (Å²) in [5.41, 5.74) is 5.06. The molecular formula is C23H19NO3. The number of rotatable bonds is 4. The summed E-state index contributed by atoms with van der Waals surface area (Å²) in [5.74, 6) is -1.51. The fourth-order valence-electron chi connectivity index (χ4n) is 3.50. The van der Waals surface area contributed by atoms with Crippen molar-refractivity contribution in [3.63, 3.8) is 0 Å². The molecule has 134 valence electrons. The molecule has 0 aliphatic carbocycles. The van der Waals surface area contributed by atoms with Crippen molar-refractivity contribution in [3.05, 3.63) is 89.5 Å². The molecule has 0 bridgehead atoms. The lowest BCUT2D eigenvalue weighted by molar-refractivity contribution is -0.138. The van der Waals surface area contributed by atoms with Gasteiger partial charge in [0.05, 0.1) is 18.2 Å². The van der Waals surface area contributed by atoms with Crippen LogP contribution in [0.15, 0.2) is 72.8 Å². The highest BCUT2D eigenvalue weighted by Crippen LogP contribution is 2.37. The van der Waals surface area contributed by atoms with E-state index in [1.54, 1.807) is 17.9 Å².